The van der Waals surface area contributed by atoms with Gasteiger partial charge in [0.2, 0.25) is 11.8 Å². The Balaban J connectivity index is 2.35. The summed E-state index contributed by atoms with van der Waals surface area (Å²) in [4.78, 5) is 35.9. The maximum Gasteiger partial charge on any atom is 0.305 e. The summed E-state index contributed by atoms with van der Waals surface area (Å²) in [7, 11) is 0. The van der Waals surface area contributed by atoms with E-state index in [2.05, 4.69) is 5.32 Å². The topological polar surface area (TPSA) is 86.7 Å². The summed E-state index contributed by atoms with van der Waals surface area (Å²) in [6, 6.07) is 0.195. The average molecular weight is 284 g/mol. The number of carbonyl (C=O) groups excluding carboxylic acids is 2. The fraction of sp³-hybridized carbons (Fsp3) is 0.786. The number of hydrogen-bond acceptors (Lipinski definition) is 3. The molecule has 0 aliphatic heterocycles. The zero-order valence-electron chi connectivity index (χ0n) is 12.4. The Kier molecular flexibility index (Phi) is 5.53. The largest absolute Gasteiger partial charge is 0.481 e. The molecule has 2 amide bonds. The van der Waals surface area contributed by atoms with Crippen LogP contribution in [0.2, 0.25) is 0 Å². The molecule has 1 aliphatic rings. The smallest absolute Gasteiger partial charge is 0.305 e. The Morgan fingerprint density at radius 2 is 1.80 bits per heavy atom. The number of amides is 2. The van der Waals surface area contributed by atoms with Crippen molar-refractivity contribution in [3.8, 4) is 0 Å². The van der Waals surface area contributed by atoms with Gasteiger partial charge in [-0.25, -0.2) is 0 Å². The molecule has 0 bridgehead atoms. The first-order chi connectivity index (χ1) is 9.21. The van der Waals surface area contributed by atoms with Gasteiger partial charge in [0.1, 0.15) is 0 Å². The van der Waals surface area contributed by atoms with Crippen molar-refractivity contribution in [3.63, 3.8) is 0 Å². The van der Waals surface area contributed by atoms with Gasteiger partial charge in [-0.2, -0.15) is 0 Å². The molecule has 6 nitrogen and oxygen atoms in total. The van der Waals surface area contributed by atoms with Gasteiger partial charge in [-0.3, -0.25) is 14.4 Å². The zero-order valence-corrected chi connectivity index (χ0v) is 12.4. The van der Waals surface area contributed by atoms with E-state index in [1.807, 2.05) is 20.8 Å². The molecule has 0 aromatic rings. The number of nitrogens with one attached hydrogen (secondary N) is 1. The average Bonchev–Trinajstić information content (AvgIpc) is 3.11. The molecule has 2 N–H and O–H groups in total. The van der Waals surface area contributed by atoms with Crippen molar-refractivity contribution < 1.29 is 19.5 Å². The van der Waals surface area contributed by atoms with E-state index in [-0.39, 0.29) is 37.2 Å². The van der Waals surface area contributed by atoms with Crippen LogP contribution in [0.1, 0.15) is 46.5 Å². The molecule has 0 heterocycles. The zero-order chi connectivity index (χ0) is 15.3. The van der Waals surface area contributed by atoms with E-state index in [0.717, 1.165) is 12.8 Å². The van der Waals surface area contributed by atoms with Crippen LogP contribution in [0.4, 0.5) is 0 Å². The summed E-state index contributed by atoms with van der Waals surface area (Å²) >= 11 is 0. The number of carboxylic acid groups (broad SMARTS) is 1. The van der Waals surface area contributed by atoms with Gasteiger partial charge in [0.25, 0.3) is 0 Å². The number of nitrogens with zero attached hydrogens (tertiary/aromatic N) is 1. The van der Waals surface area contributed by atoms with E-state index >= 15 is 0 Å². The Labute approximate surface area is 119 Å². The monoisotopic (exact) mass is 284 g/mol. The third-order valence-electron chi connectivity index (χ3n) is 3.18. The van der Waals surface area contributed by atoms with Gasteiger partial charge >= 0.3 is 5.97 Å². The number of carbonyl (C=O) groups is 3. The number of rotatable bonds is 7. The lowest BCUT2D eigenvalue weighted by atomic mass is 9.96. The molecule has 1 rings (SSSR count). The third kappa shape index (κ3) is 5.59. The highest BCUT2D eigenvalue weighted by Gasteiger charge is 2.32. The Hall–Kier alpha value is -1.59. The molecule has 0 aromatic heterocycles. The molecule has 1 fully saturated rings. The van der Waals surface area contributed by atoms with Gasteiger partial charge in [0.05, 0.1) is 6.42 Å². The predicted molar refractivity (Wildman–Crippen MR) is 74.1 cm³/mol. The van der Waals surface area contributed by atoms with Crippen LogP contribution in [-0.4, -0.2) is 46.9 Å². The molecule has 0 aromatic carbocycles. The minimum absolute atomic E-state index is 0.0312. The molecular formula is C14H24N2O4. The molecule has 0 radical (unpaired) electrons. The van der Waals surface area contributed by atoms with E-state index in [9.17, 15) is 14.4 Å². The van der Waals surface area contributed by atoms with Gasteiger partial charge in [0.15, 0.2) is 0 Å². The number of aliphatic carboxylic acids is 1. The molecule has 0 saturated heterocycles. The van der Waals surface area contributed by atoms with Crippen molar-refractivity contribution in [2.24, 2.45) is 5.41 Å². The van der Waals surface area contributed by atoms with Gasteiger partial charge in [0, 0.05) is 31.0 Å². The summed E-state index contributed by atoms with van der Waals surface area (Å²) in [6.45, 7) is 5.99. The fourth-order valence-electron chi connectivity index (χ4n) is 1.80. The first kappa shape index (κ1) is 16.5. The van der Waals surface area contributed by atoms with E-state index in [1.165, 1.54) is 0 Å². The van der Waals surface area contributed by atoms with E-state index in [4.69, 9.17) is 5.11 Å². The van der Waals surface area contributed by atoms with Crippen LogP contribution in [0.15, 0.2) is 0 Å². The lowest BCUT2D eigenvalue weighted by Gasteiger charge is -2.22. The molecule has 1 saturated carbocycles. The maximum absolute atomic E-state index is 12.1. The van der Waals surface area contributed by atoms with Crippen LogP contribution in [0, 0.1) is 5.41 Å². The molecule has 20 heavy (non-hydrogen) atoms. The van der Waals surface area contributed by atoms with Crippen LogP contribution in [0.3, 0.4) is 0 Å². The maximum atomic E-state index is 12.1. The van der Waals surface area contributed by atoms with Crippen LogP contribution < -0.4 is 5.32 Å². The first-order valence-corrected chi connectivity index (χ1v) is 7.01. The second kappa shape index (κ2) is 6.72. The standard InChI is InChI=1S/C14H24N2O4/c1-14(2,3)13(20)15-8-6-11(17)16(10-4-5-10)9-7-12(18)19/h10H,4-9H2,1-3H3,(H,15,20)(H,18,19). The lowest BCUT2D eigenvalue weighted by molar-refractivity contribution is -0.138. The first-order valence-electron chi connectivity index (χ1n) is 7.01. The summed E-state index contributed by atoms with van der Waals surface area (Å²) < 4.78 is 0. The highest BCUT2D eigenvalue weighted by molar-refractivity contribution is 5.82. The summed E-state index contributed by atoms with van der Waals surface area (Å²) in [6.07, 6.45) is 2.08. The quantitative estimate of drug-likeness (QED) is 0.730. The summed E-state index contributed by atoms with van der Waals surface area (Å²) in [5.41, 5.74) is -0.470. The molecule has 0 atom stereocenters. The SMILES string of the molecule is CC(C)(C)C(=O)NCCC(=O)N(CCC(=O)O)C1CC1. The normalized spacial score (nSPS) is 14.8. The summed E-state index contributed by atoms with van der Waals surface area (Å²) in [5, 5.41) is 11.4. The molecule has 6 heteroatoms. The molecule has 0 spiro atoms. The van der Waals surface area contributed by atoms with Crippen LogP contribution in [-0.2, 0) is 14.4 Å². The van der Waals surface area contributed by atoms with Gasteiger partial charge < -0.3 is 15.3 Å². The van der Waals surface area contributed by atoms with Crippen molar-refractivity contribution in [2.45, 2.75) is 52.5 Å². The van der Waals surface area contributed by atoms with Crippen LogP contribution in [0.25, 0.3) is 0 Å². The predicted octanol–water partition coefficient (Wildman–Crippen LogP) is 1.00. The van der Waals surface area contributed by atoms with Crippen molar-refractivity contribution in [1.29, 1.82) is 0 Å². The molecule has 114 valence electrons. The van der Waals surface area contributed by atoms with E-state index in [0.29, 0.717) is 6.54 Å². The highest BCUT2D eigenvalue weighted by Crippen LogP contribution is 2.27. The van der Waals surface area contributed by atoms with E-state index < -0.39 is 11.4 Å². The fourth-order valence-corrected chi connectivity index (χ4v) is 1.80. The van der Waals surface area contributed by atoms with Gasteiger partial charge in [-0.15, -0.1) is 0 Å². The summed E-state index contributed by atoms with van der Waals surface area (Å²) in [5.74, 6) is -1.07. The second-order valence-electron chi connectivity index (χ2n) is 6.22. The van der Waals surface area contributed by atoms with Crippen molar-refractivity contribution >= 4 is 17.8 Å². The number of hydrogen-bond donors (Lipinski definition) is 2. The van der Waals surface area contributed by atoms with Crippen LogP contribution in [0.5, 0.6) is 0 Å². The molecule has 1 aliphatic carbocycles. The minimum atomic E-state index is -0.899. The van der Waals surface area contributed by atoms with Crippen molar-refractivity contribution in [2.75, 3.05) is 13.1 Å². The van der Waals surface area contributed by atoms with Gasteiger partial charge in [-0.1, -0.05) is 20.8 Å². The van der Waals surface area contributed by atoms with Crippen molar-refractivity contribution in [3.05, 3.63) is 0 Å². The Morgan fingerprint density at radius 1 is 1.20 bits per heavy atom. The second-order valence-corrected chi connectivity index (χ2v) is 6.22. The van der Waals surface area contributed by atoms with Crippen molar-refractivity contribution in [1.82, 2.24) is 10.2 Å². The molecule has 0 unspecified atom stereocenters. The number of carboxylic acids is 1. The Morgan fingerprint density at radius 3 is 2.25 bits per heavy atom. The van der Waals surface area contributed by atoms with Gasteiger partial charge in [-0.05, 0) is 12.8 Å². The molecular weight excluding hydrogens is 260 g/mol. The third-order valence-corrected chi connectivity index (χ3v) is 3.18. The minimum Gasteiger partial charge on any atom is -0.481 e. The van der Waals surface area contributed by atoms with E-state index in [1.54, 1.807) is 4.90 Å². The van der Waals surface area contributed by atoms with Crippen LogP contribution >= 0.6 is 0 Å². The lowest BCUT2D eigenvalue weighted by Crippen LogP contribution is -2.39. The Bertz CT molecular complexity index is 383. The highest BCUT2D eigenvalue weighted by atomic mass is 16.4.